The average molecular weight is 335 g/mol. The minimum atomic E-state index is 0. The fourth-order valence-electron chi connectivity index (χ4n) is 2.09. The summed E-state index contributed by atoms with van der Waals surface area (Å²) >= 11 is 0. The van der Waals surface area contributed by atoms with E-state index in [1.807, 2.05) is 55.5 Å². The standard InChI is InChI=1S/C18H22N2O2.ClH/c1-14-6-9-16(10-7-14)22-13-12-20-18(21)11-8-15-4-2-3-5-17(15)19;/h2-7,9-10H,8,11-13,19H2,1H3,(H,20,21);1H. The normalized spacial score (nSPS) is 9.78. The van der Waals surface area contributed by atoms with Gasteiger partial charge in [-0.1, -0.05) is 35.9 Å². The third kappa shape index (κ3) is 6.61. The minimum Gasteiger partial charge on any atom is -0.492 e. The van der Waals surface area contributed by atoms with E-state index in [0.717, 1.165) is 17.0 Å². The molecular weight excluding hydrogens is 312 g/mol. The van der Waals surface area contributed by atoms with E-state index < -0.39 is 0 Å². The van der Waals surface area contributed by atoms with Crippen LogP contribution < -0.4 is 15.8 Å². The molecule has 0 aromatic heterocycles. The van der Waals surface area contributed by atoms with Crippen LogP contribution in [-0.2, 0) is 11.2 Å². The molecule has 0 aliphatic heterocycles. The molecule has 2 aromatic carbocycles. The summed E-state index contributed by atoms with van der Waals surface area (Å²) in [5.74, 6) is 0.827. The van der Waals surface area contributed by atoms with Crippen LogP contribution >= 0.6 is 12.4 Å². The summed E-state index contributed by atoms with van der Waals surface area (Å²) in [5.41, 5.74) is 8.79. The Labute approximate surface area is 143 Å². The highest BCUT2D eigenvalue weighted by atomic mass is 35.5. The number of nitrogens with two attached hydrogens (primary N) is 1. The van der Waals surface area contributed by atoms with Crippen molar-refractivity contribution >= 4 is 24.0 Å². The summed E-state index contributed by atoms with van der Waals surface area (Å²) < 4.78 is 5.56. The molecule has 0 heterocycles. The molecule has 1 amide bonds. The van der Waals surface area contributed by atoms with Crippen LogP contribution in [0.25, 0.3) is 0 Å². The van der Waals surface area contributed by atoms with Crippen molar-refractivity contribution < 1.29 is 9.53 Å². The Hall–Kier alpha value is -2.20. The SMILES string of the molecule is Cc1ccc(OCCNC(=O)CCc2ccccc2N)cc1.Cl. The molecule has 0 spiro atoms. The van der Waals surface area contributed by atoms with Crippen LogP contribution in [0.1, 0.15) is 17.5 Å². The van der Waals surface area contributed by atoms with Crippen molar-refractivity contribution in [2.45, 2.75) is 19.8 Å². The van der Waals surface area contributed by atoms with Crippen molar-refractivity contribution in [1.82, 2.24) is 5.32 Å². The predicted molar refractivity (Wildman–Crippen MR) is 96.1 cm³/mol. The second-order valence-electron chi connectivity index (χ2n) is 5.21. The number of nitrogen functional groups attached to an aromatic ring is 1. The predicted octanol–water partition coefficient (Wildman–Crippen LogP) is 3.13. The molecule has 0 unspecified atom stereocenters. The highest BCUT2D eigenvalue weighted by molar-refractivity contribution is 5.85. The number of aryl methyl sites for hydroxylation is 2. The topological polar surface area (TPSA) is 64.3 Å². The summed E-state index contributed by atoms with van der Waals surface area (Å²) in [5, 5.41) is 2.85. The zero-order valence-corrected chi connectivity index (χ0v) is 14.1. The van der Waals surface area contributed by atoms with Crippen LogP contribution in [-0.4, -0.2) is 19.1 Å². The molecular formula is C18H23ClN2O2. The number of anilines is 1. The Balaban J connectivity index is 0.00000264. The number of halogens is 1. The fourth-order valence-corrected chi connectivity index (χ4v) is 2.09. The quantitative estimate of drug-likeness (QED) is 0.604. The maximum atomic E-state index is 11.8. The van der Waals surface area contributed by atoms with Gasteiger partial charge in [-0.15, -0.1) is 12.4 Å². The molecule has 0 radical (unpaired) electrons. The summed E-state index contributed by atoms with van der Waals surface area (Å²) in [6.45, 7) is 2.99. The molecule has 0 atom stereocenters. The van der Waals surface area contributed by atoms with E-state index in [4.69, 9.17) is 10.5 Å². The second kappa shape index (κ2) is 9.74. The van der Waals surface area contributed by atoms with Crippen LogP contribution in [0.3, 0.4) is 0 Å². The van der Waals surface area contributed by atoms with Gasteiger partial charge in [0.25, 0.3) is 0 Å². The van der Waals surface area contributed by atoms with Crippen molar-refractivity contribution in [2.24, 2.45) is 0 Å². The molecule has 2 aromatic rings. The number of benzene rings is 2. The molecule has 3 N–H and O–H groups in total. The van der Waals surface area contributed by atoms with E-state index in [1.165, 1.54) is 5.56 Å². The summed E-state index contributed by atoms with van der Waals surface area (Å²) in [4.78, 5) is 11.8. The van der Waals surface area contributed by atoms with E-state index in [1.54, 1.807) is 0 Å². The number of carbonyl (C=O) groups is 1. The second-order valence-corrected chi connectivity index (χ2v) is 5.21. The van der Waals surface area contributed by atoms with Crippen molar-refractivity contribution in [3.8, 4) is 5.75 Å². The zero-order chi connectivity index (χ0) is 15.8. The van der Waals surface area contributed by atoms with Gasteiger partial charge in [0, 0.05) is 12.1 Å². The van der Waals surface area contributed by atoms with Crippen molar-refractivity contribution in [3.05, 3.63) is 59.7 Å². The van der Waals surface area contributed by atoms with Crippen molar-refractivity contribution in [1.29, 1.82) is 0 Å². The fraction of sp³-hybridized carbons (Fsp3) is 0.278. The Morgan fingerprint density at radius 2 is 1.83 bits per heavy atom. The Kier molecular flexibility index (Phi) is 7.98. The van der Waals surface area contributed by atoms with E-state index in [0.29, 0.717) is 26.0 Å². The number of hydrogen-bond acceptors (Lipinski definition) is 3. The summed E-state index contributed by atoms with van der Waals surface area (Å²) in [6.07, 6.45) is 1.08. The average Bonchev–Trinajstić information content (AvgIpc) is 2.52. The monoisotopic (exact) mass is 334 g/mol. The van der Waals surface area contributed by atoms with Gasteiger partial charge in [-0.2, -0.15) is 0 Å². The molecule has 0 fully saturated rings. The highest BCUT2D eigenvalue weighted by Gasteiger charge is 2.04. The maximum absolute atomic E-state index is 11.8. The van der Waals surface area contributed by atoms with Crippen molar-refractivity contribution in [2.75, 3.05) is 18.9 Å². The number of amides is 1. The van der Waals surface area contributed by atoms with Gasteiger partial charge < -0.3 is 15.8 Å². The van der Waals surface area contributed by atoms with Gasteiger partial charge in [0.1, 0.15) is 12.4 Å². The first-order chi connectivity index (χ1) is 10.6. The van der Waals surface area contributed by atoms with Crippen LogP contribution in [0.5, 0.6) is 5.75 Å². The third-order valence-electron chi connectivity index (χ3n) is 3.39. The van der Waals surface area contributed by atoms with Crippen LogP contribution in [0, 0.1) is 6.92 Å². The van der Waals surface area contributed by atoms with Gasteiger partial charge >= 0.3 is 0 Å². The van der Waals surface area contributed by atoms with Gasteiger partial charge in [-0.05, 0) is 37.1 Å². The molecule has 0 saturated carbocycles. The van der Waals surface area contributed by atoms with Crippen LogP contribution in [0.4, 0.5) is 5.69 Å². The van der Waals surface area contributed by atoms with Crippen LogP contribution in [0.2, 0.25) is 0 Å². The van der Waals surface area contributed by atoms with Gasteiger partial charge in [-0.3, -0.25) is 4.79 Å². The lowest BCUT2D eigenvalue weighted by atomic mass is 10.1. The van der Waals surface area contributed by atoms with E-state index in [9.17, 15) is 4.79 Å². The van der Waals surface area contributed by atoms with E-state index in [2.05, 4.69) is 5.32 Å². The van der Waals surface area contributed by atoms with Gasteiger partial charge in [-0.25, -0.2) is 0 Å². The molecule has 124 valence electrons. The van der Waals surface area contributed by atoms with Gasteiger partial charge in [0.2, 0.25) is 5.91 Å². The van der Waals surface area contributed by atoms with Gasteiger partial charge in [0.05, 0.1) is 6.54 Å². The summed E-state index contributed by atoms with van der Waals surface area (Å²) in [6, 6.07) is 15.5. The lowest BCUT2D eigenvalue weighted by Gasteiger charge is -2.08. The minimum absolute atomic E-state index is 0. The molecule has 23 heavy (non-hydrogen) atoms. The molecule has 2 rings (SSSR count). The molecule has 0 saturated heterocycles. The number of carbonyl (C=O) groups excluding carboxylic acids is 1. The first-order valence-corrected chi connectivity index (χ1v) is 7.44. The largest absolute Gasteiger partial charge is 0.492 e. The molecule has 0 aliphatic carbocycles. The number of hydrogen-bond donors (Lipinski definition) is 2. The first-order valence-electron chi connectivity index (χ1n) is 7.44. The first kappa shape index (κ1) is 18.8. The molecule has 0 aliphatic rings. The van der Waals surface area contributed by atoms with Crippen molar-refractivity contribution in [3.63, 3.8) is 0 Å². The zero-order valence-electron chi connectivity index (χ0n) is 13.2. The molecule has 5 heteroatoms. The molecule has 0 bridgehead atoms. The Morgan fingerprint density at radius 3 is 2.52 bits per heavy atom. The third-order valence-corrected chi connectivity index (χ3v) is 3.39. The Morgan fingerprint density at radius 1 is 1.13 bits per heavy atom. The number of nitrogens with one attached hydrogen (secondary N) is 1. The maximum Gasteiger partial charge on any atom is 0.220 e. The lowest BCUT2D eigenvalue weighted by molar-refractivity contribution is -0.121. The Bertz CT molecular complexity index is 615. The smallest absolute Gasteiger partial charge is 0.220 e. The van der Waals surface area contributed by atoms with E-state index >= 15 is 0 Å². The van der Waals surface area contributed by atoms with E-state index in [-0.39, 0.29) is 18.3 Å². The van der Waals surface area contributed by atoms with Crippen LogP contribution in [0.15, 0.2) is 48.5 Å². The summed E-state index contributed by atoms with van der Waals surface area (Å²) in [7, 11) is 0. The number of rotatable bonds is 7. The number of ether oxygens (including phenoxy) is 1. The lowest BCUT2D eigenvalue weighted by Crippen LogP contribution is -2.28. The van der Waals surface area contributed by atoms with Gasteiger partial charge in [0.15, 0.2) is 0 Å². The highest BCUT2D eigenvalue weighted by Crippen LogP contribution is 2.12. The number of para-hydroxylation sites is 1. The molecule has 4 nitrogen and oxygen atoms in total.